The largest absolute Gasteiger partial charge is 0.493 e. The molecule has 0 saturated heterocycles. The summed E-state index contributed by atoms with van der Waals surface area (Å²) in [4.78, 5) is 11.9. The second-order valence-corrected chi connectivity index (χ2v) is 5.69. The normalized spacial score (nSPS) is 11.8. The number of hydrogen-bond donors (Lipinski definition) is 1. The van der Waals surface area contributed by atoms with E-state index in [1.165, 1.54) is 0 Å². The Morgan fingerprint density at radius 2 is 1.86 bits per heavy atom. The van der Waals surface area contributed by atoms with Crippen molar-refractivity contribution < 1.29 is 9.53 Å². The minimum atomic E-state index is -0.140. The molecule has 0 fully saturated rings. The van der Waals surface area contributed by atoms with E-state index >= 15 is 0 Å². The Bertz CT molecular complexity index is 632. The Balaban J connectivity index is 1.80. The van der Waals surface area contributed by atoms with Crippen LogP contribution in [-0.4, -0.2) is 12.5 Å². The molecule has 116 valence electrons. The third-order valence-corrected chi connectivity index (χ3v) is 3.90. The second kappa shape index (κ2) is 8.06. The van der Waals surface area contributed by atoms with E-state index in [4.69, 9.17) is 27.9 Å². The maximum atomic E-state index is 11.9. The lowest BCUT2D eigenvalue weighted by Gasteiger charge is -2.15. The van der Waals surface area contributed by atoms with Gasteiger partial charge in [-0.15, -0.1) is 0 Å². The number of carbonyl (C=O) groups excluding carboxylic acids is 1. The third-order valence-electron chi connectivity index (χ3n) is 3.16. The first-order chi connectivity index (χ1) is 10.6. The zero-order chi connectivity index (χ0) is 15.9. The molecule has 2 aromatic carbocycles. The molecule has 22 heavy (non-hydrogen) atoms. The maximum absolute atomic E-state index is 11.9. The van der Waals surface area contributed by atoms with Crippen LogP contribution in [0.3, 0.4) is 0 Å². The van der Waals surface area contributed by atoms with Gasteiger partial charge < -0.3 is 10.1 Å². The highest BCUT2D eigenvalue weighted by molar-refractivity contribution is 6.42. The molecule has 2 aromatic rings. The zero-order valence-corrected chi connectivity index (χ0v) is 13.7. The van der Waals surface area contributed by atoms with Crippen molar-refractivity contribution in [1.29, 1.82) is 0 Å². The van der Waals surface area contributed by atoms with Crippen molar-refractivity contribution in [2.24, 2.45) is 0 Å². The Hall–Kier alpha value is -1.71. The van der Waals surface area contributed by atoms with Crippen molar-refractivity contribution in [3.8, 4) is 5.75 Å². The topological polar surface area (TPSA) is 38.3 Å². The van der Waals surface area contributed by atoms with E-state index in [1.807, 2.05) is 43.3 Å². The van der Waals surface area contributed by atoms with Gasteiger partial charge in [-0.25, -0.2) is 0 Å². The molecule has 0 spiro atoms. The summed E-state index contributed by atoms with van der Waals surface area (Å²) >= 11 is 11.9. The molecule has 0 heterocycles. The number of benzene rings is 2. The molecular formula is C17H17Cl2NO2. The van der Waals surface area contributed by atoms with Crippen LogP contribution in [0, 0.1) is 0 Å². The molecule has 1 amide bonds. The molecule has 0 aromatic heterocycles. The van der Waals surface area contributed by atoms with Crippen LogP contribution in [0.1, 0.15) is 24.9 Å². The minimum Gasteiger partial charge on any atom is -0.493 e. The molecule has 0 aliphatic rings. The molecule has 5 heteroatoms. The molecule has 0 aliphatic carbocycles. The lowest BCUT2D eigenvalue weighted by Crippen LogP contribution is -2.27. The average molecular weight is 338 g/mol. The molecule has 1 atom stereocenters. The van der Waals surface area contributed by atoms with Gasteiger partial charge in [0.2, 0.25) is 5.91 Å². The molecular weight excluding hydrogens is 321 g/mol. The van der Waals surface area contributed by atoms with Gasteiger partial charge in [-0.2, -0.15) is 0 Å². The van der Waals surface area contributed by atoms with Crippen LogP contribution in [-0.2, 0) is 4.79 Å². The highest BCUT2D eigenvalue weighted by Crippen LogP contribution is 2.25. The molecule has 1 unspecified atom stereocenters. The van der Waals surface area contributed by atoms with Crippen molar-refractivity contribution in [2.75, 3.05) is 6.61 Å². The summed E-state index contributed by atoms with van der Waals surface area (Å²) in [6.45, 7) is 2.24. The van der Waals surface area contributed by atoms with Crippen LogP contribution in [0.5, 0.6) is 5.75 Å². The van der Waals surface area contributed by atoms with Crippen LogP contribution < -0.4 is 10.1 Å². The van der Waals surface area contributed by atoms with Crippen molar-refractivity contribution >= 4 is 29.1 Å². The van der Waals surface area contributed by atoms with Gasteiger partial charge in [0.05, 0.1) is 29.1 Å². The number of halogens is 2. The standard InChI is InChI=1S/C17H17Cl2NO2/c1-12(13-7-8-15(18)16(19)11-13)20-17(21)9-10-22-14-5-3-2-4-6-14/h2-8,11-12H,9-10H2,1H3,(H,20,21). The fraction of sp³-hybridized carbons (Fsp3) is 0.235. The first-order valence-corrected chi connectivity index (χ1v) is 7.74. The predicted octanol–water partition coefficient (Wildman–Crippen LogP) is 4.64. The number of nitrogens with one attached hydrogen (secondary N) is 1. The quantitative estimate of drug-likeness (QED) is 0.833. The Morgan fingerprint density at radius 3 is 2.55 bits per heavy atom. The van der Waals surface area contributed by atoms with Gasteiger partial charge in [0, 0.05) is 0 Å². The Labute approximate surface area is 140 Å². The first-order valence-electron chi connectivity index (χ1n) is 6.98. The Morgan fingerprint density at radius 1 is 1.14 bits per heavy atom. The summed E-state index contributed by atoms with van der Waals surface area (Å²) in [5.74, 6) is 0.683. The number of rotatable bonds is 6. The number of carbonyl (C=O) groups is 1. The summed E-state index contributed by atoms with van der Waals surface area (Å²) < 4.78 is 5.50. The number of hydrogen-bond acceptors (Lipinski definition) is 2. The third kappa shape index (κ3) is 4.93. The molecule has 3 nitrogen and oxygen atoms in total. The van der Waals surface area contributed by atoms with E-state index in [-0.39, 0.29) is 11.9 Å². The van der Waals surface area contributed by atoms with E-state index in [2.05, 4.69) is 5.32 Å². The molecule has 1 N–H and O–H groups in total. The van der Waals surface area contributed by atoms with Gasteiger partial charge in [-0.05, 0) is 36.8 Å². The van der Waals surface area contributed by atoms with Crippen molar-refractivity contribution in [2.45, 2.75) is 19.4 Å². The Kier molecular flexibility index (Phi) is 6.10. The van der Waals surface area contributed by atoms with Gasteiger partial charge in [0.25, 0.3) is 0 Å². The molecule has 0 bridgehead atoms. The zero-order valence-electron chi connectivity index (χ0n) is 12.2. The second-order valence-electron chi connectivity index (χ2n) is 4.87. The smallest absolute Gasteiger partial charge is 0.223 e. The summed E-state index contributed by atoms with van der Waals surface area (Å²) in [7, 11) is 0. The average Bonchev–Trinajstić information content (AvgIpc) is 2.51. The van der Waals surface area contributed by atoms with Gasteiger partial charge >= 0.3 is 0 Å². The fourth-order valence-corrected chi connectivity index (χ4v) is 2.26. The van der Waals surface area contributed by atoms with Crippen molar-refractivity contribution in [3.05, 3.63) is 64.1 Å². The van der Waals surface area contributed by atoms with Crippen LogP contribution >= 0.6 is 23.2 Å². The van der Waals surface area contributed by atoms with E-state index in [1.54, 1.807) is 12.1 Å². The summed E-state index contributed by atoms with van der Waals surface area (Å²) in [6, 6.07) is 14.6. The first kappa shape index (κ1) is 16.7. The number of ether oxygens (including phenoxy) is 1. The summed E-state index contributed by atoms with van der Waals surface area (Å²) in [6.07, 6.45) is 0.292. The summed E-state index contributed by atoms with van der Waals surface area (Å²) in [5, 5.41) is 3.89. The molecule has 2 rings (SSSR count). The molecule has 0 aliphatic heterocycles. The predicted molar refractivity (Wildman–Crippen MR) is 89.6 cm³/mol. The van der Waals surface area contributed by atoms with Crippen molar-refractivity contribution in [3.63, 3.8) is 0 Å². The van der Waals surface area contributed by atoms with E-state index in [0.29, 0.717) is 23.1 Å². The highest BCUT2D eigenvalue weighted by atomic mass is 35.5. The molecule has 0 radical (unpaired) electrons. The molecule has 0 saturated carbocycles. The fourth-order valence-electron chi connectivity index (χ4n) is 1.96. The van der Waals surface area contributed by atoms with Crippen LogP contribution in [0.2, 0.25) is 10.0 Å². The summed E-state index contributed by atoms with van der Waals surface area (Å²) in [5.41, 5.74) is 0.909. The van der Waals surface area contributed by atoms with Gasteiger partial charge in [0.1, 0.15) is 5.75 Å². The van der Waals surface area contributed by atoms with Gasteiger partial charge in [0.15, 0.2) is 0 Å². The lowest BCUT2D eigenvalue weighted by molar-refractivity contribution is -0.122. The number of para-hydroxylation sites is 1. The number of amides is 1. The maximum Gasteiger partial charge on any atom is 0.223 e. The monoisotopic (exact) mass is 337 g/mol. The van der Waals surface area contributed by atoms with Crippen molar-refractivity contribution in [1.82, 2.24) is 5.32 Å². The minimum absolute atomic E-state index is 0.0745. The van der Waals surface area contributed by atoms with Crippen LogP contribution in [0.4, 0.5) is 0 Å². The van der Waals surface area contributed by atoms with Gasteiger partial charge in [-0.3, -0.25) is 4.79 Å². The van der Waals surface area contributed by atoms with E-state index in [0.717, 1.165) is 11.3 Å². The van der Waals surface area contributed by atoms with E-state index < -0.39 is 0 Å². The van der Waals surface area contributed by atoms with E-state index in [9.17, 15) is 4.79 Å². The highest BCUT2D eigenvalue weighted by Gasteiger charge is 2.11. The SMILES string of the molecule is CC(NC(=O)CCOc1ccccc1)c1ccc(Cl)c(Cl)c1. The lowest BCUT2D eigenvalue weighted by atomic mass is 10.1. The van der Waals surface area contributed by atoms with Gasteiger partial charge in [-0.1, -0.05) is 47.5 Å². The van der Waals surface area contributed by atoms with Crippen LogP contribution in [0.25, 0.3) is 0 Å². The van der Waals surface area contributed by atoms with Crippen LogP contribution in [0.15, 0.2) is 48.5 Å².